The number of rotatable bonds is 4. The lowest BCUT2D eigenvalue weighted by molar-refractivity contribution is -0.0149. The molecule has 1 saturated heterocycles. The highest BCUT2D eigenvalue weighted by atomic mass is 79.9. The molecule has 1 aromatic carbocycles. The van der Waals surface area contributed by atoms with Crippen molar-refractivity contribution in [2.75, 3.05) is 6.61 Å². The highest BCUT2D eigenvalue weighted by Crippen LogP contribution is 2.21. The van der Waals surface area contributed by atoms with E-state index in [2.05, 4.69) is 15.9 Å². The molecule has 1 aliphatic heterocycles. The predicted molar refractivity (Wildman–Crippen MR) is 72.0 cm³/mol. The molecule has 2 unspecified atom stereocenters. The van der Waals surface area contributed by atoms with E-state index in [-0.39, 0.29) is 11.9 Å². The summed E-state index contributed by atoms with van der Waals surface area (Å²) in [4.78, 5) is 0. The third kappa shape index (κ3) is 4.04. The highest BCUT2D eigenvalue weighted by molar-refractivity contribution is 9.10. The summed E-state index contributed by atoms with van der Waals surface area (Å²) < 4.78 is 19.9. The monoisotopic (exact) mass is 316 g/mol. The Morgan fingerprint density at radius 1 is 1.44 bits per heavy atom. The minimum absolute atomic E-state index is 0.132. The standard InChI is InChI=1S/C14H18BrFO2/c15-11-5-4-10(14(16)8-11)7-12(17)9-13-3-1-2-6-18-13/h4-5,8,12-13,17H,1-3,6-7,9H2. The van der Waals surface area contributed by atoms with Crippen LogP contribution in [0.3, 0.4) is 0 Å². The van der Waals surface area contributed by atoms with Crippen LogP contribution in [-0.2, 0) is 11.2 Å². The first-order chi connectivity index (χ1) is 8.65. The van der Waals surface area contributed by atoms with Gasteiger partial charge in [-0.05, 0) is 43.4 Å². The lowest BCUT2D eigenvalue weighted by Crippen LogP contribution is -2.26. The van der Waals surface area contributed by atoms with Gasteiger partial charge in [0.05, 0.1) is 12.2 Å². The van der Waals surface area contributed by atoms with E-state index >= 15 is 0 Å². The van der Waals surface area contributed by atoms with Crippen molar-refractivity contribution in [2.24, 2.45) is 0 Å². The topological polar surface area (TPSA) is 29.5 Å². The Hall–Kier alpha value is -0.450. The summed E-state index contributed by atoms with van der Waals surface area (Å²) in [6.07, 6.45) is 3.79. The normalized spacial score (nSPS) is 21.8. The second-order valence-corrected chi connectivity index (χ2v) is 5.73. The van der Waals surface area contributed by atoms with Gasteiger partial charge >= 0.3 is 0 Å². The maximum absolute atomic E-state index is 13.6. The first-order valence-corrected chi connectivity index (χ1v) is 7.18. The van der Waals surface area contributed by atoms with Crippen LogP contribution in [0.4, 0.5) is 4.39 Å². The zero-order chi connectivity index (χ0) is 13.0. The van der Waals surface area contributed by atoms with E-state index < -0.39 is 6.10 Å². The lowest BCUT2D eigenvalue weighted by Gasteiger charge is -2.24. The summed E-state index contributed by atoms with van der Waals surface area (Å²) in [7, 11) is 0. The maximum Gasteiger partial charge on any atom is 0.127 e. The molecule has 1 heterocycles. The van der Waals surface area contributed by atoms with Gasteiger partial charge in [0.2, 0.25) is 0 Å². The van der Waals surface area contributed by atoms with Gasteiger partial charge in [0.15, 0.2) is 0 Å². The Bertz CT molecular complexity index is 391. The zero-order valence-electron chi connectivity index (χ0n) is 10.2. The van der Waals surface area contributed by atoms with Crippen LogP contribution >= 0.6 is 15.9 Å². The van der Waals surface area contributed by atoms with Crippen LogP contribution in [-0.4, -0.2) is 23.9 Å². The number of ether oxygens (including phenoxy) is 1. The summed E-state index contributed by atoms with van der Waals surface area (Å²) in [5.41, 5.74) is 0.557. The van der Waals surface area contributed by atoms with Crippen LogP contribution in [0.1, 0.15) is 31.2 Å². The number of aliphatic hydroxyl groups excluding tert-OH is 1. The van der Waals surface area contributed by atoms with Crippen LogP contribution < -0.4 is 0 Å². The summed E-state index contributed by atoms with van der Waals surface area (Å²) >= 11 is 3.22. The maximum atomic E-state index is 13.6. The predicted octanol–water partition coefficient (Wildman–Crippen LogP) is 3.45. The van der Waals surface area contributed by atoms with Gasteiger partial charge in [0.25, 0.3) is 0 Å². The fourth-order valence-corrected chi connectivity index (χ4v) is 2.65. The van der Waals surface area contributed by atoms with E-state index in [4.69, 9.17) is 4.74 Å². The summed E-state index contributed by atoms with van der Waals surface area (Å²) in [5.74, 6) is -0.270. The van der Waals surface area contributed by atoms with Gasteiger partial charge in [0, 0.05) is 17.5 Å². The third-order valence-corrected chi connectivity index (χ3v) is 3.77. The smallest absolute Gasteiger partial charge is 0.127 e. The van der Waals surface area contributed by atoms with Crippen molar-refractivity contribution in [3.63, 3.8) is 0 Å². The van der Waals surface area contributed by atoms with Crippen molar-refractivity contribution in [1.82, 2.24) is 0 Å². The van der Waals surface area contributed by atoms with Crippen LogP contribution in [0.25, 0.3) is 0 Å². The molecule has 18 heavy (non-hydrogen) atoms. The van der Waals surface area contributed by atoms with Gasteiger partial charge in [-0.3, -0.25) is 0 Å². The molecule has 2 nitrogen and oxygen atoms in total. The van der Waals surface area contributed by atoms with Gasteiger partial charge in [0.1, 0.15) is 5.82 Å². The van der Waals surface area contributed by atoms with Gasteiger partial charge in [-0.25, -0.2) is 4.39 Å². The van der Waals surface area contributed by atoms with Gasteiger partial charge in [-0.2, -0.15) is 0 Å². The molecule has 100 valence electrons. The molecule has 1 aromatic rings. The van der Waals surface area contributed by atoms with Gasteiger partial charge in [-0.15, -0.1) is 0 Å². The summed E-state index contributed by atoms with van der Waals surface area (Å²) in [5, 5.41) is 9.99. The minimum atomic E-state index is -0.538. The van der Waals surface area contributed by atoms with E-state index in [9.17, 15) is 9.50 Å². The van der Waals surface area contributed by atoms with Crippen LogP contribution in [0.15, 0.2) is 22.7 Å². The molecule has 0 spiro atoms. The molecular weight excluding hydrogens is 299 g/mol. The average molecular weight is 317 g/mol. The Kier molecular flexibility index (Phi) is 5.15. The van der Waals surface area contributed by atoms with Crippen molar-refractivity contribution < 1.29 is 14.2 Å². The molecule has 2 rings (SSSR count). The fraction of sp³-hybridized carbons (Fsp3) is 0.571. The molecule has 0 bridgehead atoms. The van der Waals surface area contributed by atoms with Crippen molar-refractivity contribution >= 4 is 15.9 Å². The van der Waals surface area contributed by atoms with E-state index in [1.165, 1.54) is 6.07 Å². The molecule has 0 aliphatic carbocycles. The van der Waals surface area contributed by atoms with Crippen molar-refractivity contribution in [2.45, 2.75) is 44.3 Å². The largest absolute Gasteiger partial charge is 0.393 e. The molecule has 1 N–H and O–H groups in total. The van der Waals surface area contributed by atoms with E-state index in [1.807, 2.05) is 0 Å². The van der Waals surface area contributed by atoms with E-state index in [0.29, 0.717) is 22.9 Å². The first-order valence-electron chi connectivity index (χ1n) is 6.39. The van der Waals surface area contributed by atoms with Crippen LogP contribution in [0, 0.1) is 5.82 Å². The molecule has 0 aromatic heterocycles. The van der Waals surface area contributed by atoms with Crippen molar-refractivity contribution in [3.8, 4) is 0 Å². The SMILES string of the molecule is OC(Cc1ccc(Br)cc1F)CC1CCCCO1. The van der Waals surface area contributed by atoms with E-state index in [1.54, 1.807) is 12.1 Å². The average Bonchev–Trinajstić information content (AvgIpc) is 2.34. The minimum Gasteiger partial charge on any atom is -0.393 e. The molecule has 1 aliphatic rings. The molecule has 4 heteroatoms. The molecule has 0 amide bonds. The Morgan fingerprint density at radius 3 is 2.94 bits per heavy atom. The quantitative estimate of drug-likeness (QED) is 0.922. The van der Waals surface area contributed by atoms with Gasteiger partial charge in [-0.1, -0.05) is 22.0 Å². The van der Waals surface area contributed by atoms with E-state index in [0.717, 1.165) is 25.9 Å². The van der Waals surface area contributed by atoms with Crippen LogP contribution in [0.2, 0.25) is 0 Å². The highest BCUT2D eigenvalue weighted by Gasteiger charge is 2.19. The molecule has 1 fully saturated rings. The number of hydrogen-bond donors (Lipinski definition) is 1. The van der Waals surface area contributed by atoms with Crippen LogP contribution in [0.5, 0.6) is 0 Å². The number of halogens is 2. The molecule has 2 atom stereocenters. The second kappa shape index (κ2) is 6.64. The molecule has 0 saturated carbocycles. The zero-order valence-corrected chi connectivity index (χ0v) is 11.8. The fourth-order valence-electron chi connectivity index (χ4n) is 2.32. The van der Waals surface area contributed by atoms with Crippen molar-refractivity contribution in [3.05, 3.63) is 34.1 Å². The second-order valence-electron chi connectivity index (χ2n) is 4.82. The molecular formula is C14H18BrFO2. The Balaban J connectivity index is 1.87. The van der Waals surface area contributed by atoms with Gasteiger partial charge < -0.3 is 9.84 Å². The number of hydrogen-bond acceptors (Lipinski definition) is 2. The first kappa shape index (κ1) is 14.0. The third-order valence-electron chi connectivity index (χ3n) is 3.28. The number of benzene rings is 1. The Labute approximate surface area is 115 Å². The van der Waals surface area contributed by atoms with Crippen molar-refractivity contribution in [1.29, 1.82) is 0 Å². The number of aliphatic hydroxyl groups is 1. The summed E-state index contributed by atoms with van der Waals surface area (Å²) in [6.45, 7) is 0.782. The molecule has 0 radical (unpaired) electrons. The Morgan fingerprint density at radius 2 is 2.28 bits per heavy atom. The lowest BCUT2D eigenvalue weighted by atomic mass is 9.99. The summed E-state index contributed by atoms with van der Waals surface area (Å²) in [6, 6.07) is 4.94.